The Morgan fingerprint density at radius 2 is 2.00 bits per heavy atom. The molecule has 3 rings (SSSR count). The number of hydrogen-bond acceptors (Lipinski definition) is 1. The maximum atomic E-state index is 5.82. The second-order valence-corrected chi connectivity index (χ2v) is 5.24. The molecule has 0 saturated carbocycles. The number of fused-ring (bicyclic) bond motifs is 1. The predicted molar refractivity (Wildman–Crippen MR) is 87.3 cm³/mol. The summed E-state index contributed by atoms with van der Waals surface area (Å²) in [5.41, 5.74) is 4.58. The van der Waals surface area contributed by atoms with Gasteiger partial charge in [-0.25, -0.2) is 0 Å². The van der Waals surface area contributed by atoms with Crippen LogP contribution in [0.15, 0.2) is 65.1 Å². The molecule has 1 heterocycles. The number of rotatable bonds is 3. The van der Waals surface area contributed by atoms with Crippen LogP contribution in [0.25, 0.3) is 10.9 Å². The van der Waals surface area contributed by atoms with Gasteiger partial charge in [0.05, 0.1) is 10.7 Å². The molecule has 2 aromatic carbocycles. The maximum absolute atomic E-state index is 5.82. The molecule has 3 aromatic rings. The van der Waals surface area contributed by atoms with Crippen molar-refractivity contribution in [2.75, 3.05) is 0 Å². The summed E-state index contributed by atoms with van der Waals surface area (Å²) in [7, 11) is 0. The van der Waals surface area contributed by atoms with Crippen molar-refractivity contribution in [3.8, 4) is 0 Å². The van der Waals surface area contributed by atoms with E-state index in [9.17, 15) is 0 Å². The van der Waals surface area contributed by atoms with Crippen LogP contribution >= 0.6 is 0 Å². The number of benzene rings is 2. The molecule has 110 valence electrons. The van der Waals surface area contributed by atoms with Gasteiger partial charge >= 0.3 is 5.84 Å². The number of hydrogen-bond donors (Lipinski definition) is 2. The molecule has 0 unspecified atom stereocenters. The first-order valence-corrected chi connectivity index (χ1v) is 7.06. The highest BCUT2D eigenvalue weighted by Crippen LogP contribution is 2.20. The molecule has 0 atom stereocenters. The fraction of sp³-hybridized carbons (Fsp3) is 0.118. The van der Waals surface area contributed by atoms with E-state index in [4.69, 9.17) is 11.3 Å². The zero-order chi connectivity index (χ0) is 15.5. The lowest BCUT2D eigenvalue weighted by atomic mass is 10.1. The molecule has 22 heavy (non-hydrogen) atoms. The number of nitrogens with two attached hydrogens (primary N) is 2. The predicted octanol–water partition coefficient (Wildman–Crippen LogP) is 1.83. The first-order valence-electron chi connectivity index (χ1n) is 7.06. The van der Waals surface area contributed by atoms with Crippen molar-refractivity contribution in [1.29, 1.82) is 0 Å². The molecule has 0 bridgehead atoms. The lowest BCUT2D eigenvalue weighted by molar-refractivity contribution is -0.114. The Morgan fingerprint density at radius 3 is 2.77 bits per heavy atom. The van der Waals surface area contributed by atoms with Crippen molar-refractivity contribution >= 4 is 16.7 Å². The molecular weight excluding hydrogens is 274 g/mol. The first-order chi connectivity index (χ1) is 10.7. The molecule has 1 aromatic heterocycles. The van der Waals surface area contributed by atoms with Gasteiger partial charge in [0.1, 0.15) is 0 Å². The van der Waals surface area contributed by atoms with Gasteiger partial charge in [-0.2, -0.15) is 0 Å². The van der Waals surface area contributed by atoms with E-state index < -0.39 is 0 Å². The van der Waals surface area contributed by atoms with Gasteiger partial charge in [0, 0.05) is 28.9 Å². The molecule has 0 saturated heterocycles. The Hall–Kier alpha value is -2.95. The number of amidine groups is 1. The van der Waals surface area contributed by atoms with Crippen LogP contribution in [0.2, 0.25) is 0 Å². The molecular formula is C17H18N5+. The van der Waals surface area contributed by atoms with E-state index in [1.165, 1.54) is 11.1 Å². The van der Waals surface area contributed by atoms with Gasteiger partial charge in [-0.15, -0.1) is 0 Å². The third kappa shape index (κ3) is 2.61. The van der Waals surface area contributed by atoms with Crippen LogP contribution in [-0.2, 0) is 6.54 Å². The van der Waals surface area contributed by atoms with E-state index in [1.54, 1.807) is 0 Å². The molecule has 0 amide bonds. The van der Waals surface area contributed by atoms with Gasteiger partial charge in [0.25, 0.3) is 0 Å². The fourth-order valence-corrected chi connectivity index (χ4v) is 2.59. The normalized spacial score (nSPS) is 11.3. The van der Waals surface area contributed by atoms with Crippen molar-refractivity contribution in [2.45, 2.75) is 13.5 Å². The zero-order valence-electron chi connectivity index (χ0n) is 12.4. The molecule has 5 nitrogen and oxygen atoms in total. The maximum Gasteiger partial charge on any atom is 0.350 e. The van der Waals surface area contributed by atoms with Crippen molar-refractivity contribution in [3.05, 3.63) is 71.4 Å². The van der Waals surface area contributed by atoms with Crippen molar-refractivity contribution in [1.82, 2.24) is 4.57 Å². The summed E-state index contributed by atoms with van der Waals surface area (Å²) in [5.74, 6) is 5.35. The molecule has 5 heteroatoms. The summed E-state index contributed by atoms with van der Waals surface area (Å²) in [4.78, 5) is 0. The minimum atomic E-state index is 0.316. The number of nitrogens with zero attached hydrogens (tertiary/aromatic N) is 3. The van der Waals surface area contributed by atoms with Crippen LogP contribution < -0.4 is 11.3 Å². The van der Waals surface area contributed by atoms with E-state index in [1.807, 2.05) is 18.2 Å². The Bertz CT molecular complexity index is 860. The molecule has 0 aliphatic rings. The van der Waals surface area contributed by atoms with Crippen LogP contribution in [0.1, 0.15) is 16.7 Å². The monoisotopic (exact) mass is 292 g/mol. The lowest BCUT2D eigenvalue weighted by Crippen LogP contribution is -2.38. The van der Waals surface area contributed by atoms with Crippen LogP contribution in [0, 0.1) is 6.92 Å². The second-order valence-electron chi connectivity index (χ2n) is 5.24. The highest BCUT2D eigenvalue weighted by Gasteiger charge is 2.11. The summed E-state index contributed by atoms with van der Waals surface area (Å²) >= 11 is 0. The highest BCUT2D eigenvalue weighted by atomic mass is 15.3. The molecule has 0 aliphatic heterocycles. The van der Waals surface area contributed by atoms with Crippen LogP contribution in [-0.4, -0.2) is 10.4 Å². The zero-order valence-corrected chi connectivity index (χ0v) is 12.4. The Balaban J connectivity index is 1.96. The lowest BCUT2D eigenvalue weighted by Gasteiger charge is -2.08. The third-order valence-electron chi connectivity index (χ3n) is 3.83. The van der Waals surface area contributed by atoms with E-state index in [2.05, 4.69) is 58.4 Å². The van der Waals surface area contributed by atoms with E-state index in [-0.39, 0.29) is 0 Å². The van der Waals surface area contributed by atoms with Gasteiger partial charge < -0.3 is 4.57 Å². The van der Waals surface area contributed by atoms with Gasteiger partial charge in [-0.3, -0.25) is 11.3 Å². The summed E-state index contributed by atoms with van der Waals surface area (Å²) in [5, 5.41) is 13.8. The Kier molecular flexibility index (Phi) is 3.70. The summed E-state index contributed by atoms with van der Waals surface area (Å²) in [6.07, 6.45) is 2.08. The molecule has 0 spiro atoms. The van der Waals surface area contributed by atoms with E-state index in [0.717, 1.165) is 23.0 Å². The topological polar surface area (TPSA) is 81.3 Å². The smallest absolute Gasteiger partial charge is 0.343 e. The fourth-order valence-electron chi connectivity index (χ4n) is 2.59. The second kappa shape index (κ2) is 5.81. The molecule has 0 fully saturated rings. The summed E-state index contributed by atoms with van der Waals surface area (Å²) in [6, 6.07) is 16.5. The largest absolute Gasteiger partial charge is 0.350 e. The average Bonchev–Trinajstić information content (AvgIpc) is 2.92. The standard InChI is InChI=1S/C17H17N5/c1-12-4-2-3-5-15(12)11-22-9-8-13-10-14(6-7-16(13)22)17(18)20-21-19/h2-10H,11H2,1H3,(H3,18,19,20)/p+1. The van der Waals surface area contributed by atoms with Crippen molar-refractivity contribution < 1.29 is 5.41 Å². The molecule has 0 radical (unpaired) electrons. The van der Waals surface area contributed by atoms with Crippen LogP contribution in [0.4, 0.5) is 0 Å². The van der Waals surface area contributed by atoms with Crippen molar-refractivity contribution in [3.63, 3.8) is 0 Å². The third-order valence-corrected chi connectivity index (χ3v) is 3.83. The van der Waals surface area contributed by atoms with E-state index in [0.29, 0.717) is 5.84 Å². The number of aryl methyl sites for hydroxylation is 1. The summed E-state index contributed by atoms with van der Waals surface area (Å²) < 4.78 is 2.22. The van der Waals surface area contributed by atoms with E-state index >= 15 is 0 Å². The van der Waals surface area contributed by atoms with Gasteiger partial charge in [0.2, 0.25) is 0 Å². The molecule has 4 N–H and O–H groups in total. The summed E-state index contributed by atoms with van der Waals surface area (Å²) in [6.45, 7) is 2.98. The van der Waals surface area contributed by atoms with Crippen molar-refractivity contribution in [2.24, 2.45) is 16.2 Å². The minimum absolute atomic E-state index is 0.316. The van der Waals surface area contributed by atoms with Gasteiger partial charge in [-0.1, -0.05) is 24.3 Å². The Morgan fingerprint density at radius 1 is 1.18 bits per heavy atom. The van der Waals surface area contributed by atoms with Gasteiger partial charge in [-0.05, 0) is 42.3 Å². The highest BCUT2D eigenvalue weighted by molar-refractivity contribution is 5.98. The van der Waals surface area contributed by atoms with Gasteiger partial charge in [0.15, 0.2) is 0 Å². The molecule has 0 aliphatic carbocycles. The quantitative estimate of drug-likeness (QED) is 0.249. The van der Waals surface area contributed by atoms with Crippen LogP contribution in [0.3, 0.4) is 0 Å². The minimum Gasteiger partial charge on any atom is -0.343 e. The number of aromatic nitrogens is 1. The SMILES string of the molecule is Cc1ccccc1Cn1ccc2cc(C(=[NH2+])N=NN)ccc21. The average molecular weight is 292 g/mol. The Labute approximate surface area is 128 Å². The first kappa shape index (κ1) is 14.0. The van der Waals surface area contributed by atoms with Crippen LogP contribution in [0.5, 0.6) is 0 Å².